The predicted octanol–water partition coefficient (Wildman–Crippen LogP) is 5.76. The lowest BCUT2D eigenvalue weighted by Crippen LogP contribution is -2.46. The van der Waals surface area contributed by atoms with Gasteiger partial charge in [0.15, 0.2) is 0 Å². The Kier molecular flexibility index (Phi) is 10.5. The molecule has 3 aliphatic heterocycles. The third-order valence-corrected chi connectivity index (χ3v) is 9.93. The molecule has 1 amide bonds. The van der Waals surface area contributed by atoms with Crippen molar-refractivity contribution in [3.8, 4) is 11.5 Å². The Balaban J connectivity index is 1.08. The maximum atomic E-state index is 11.9. The first-order chi connectivity index (χ1) is 21.6. The average molecular weight is 608 g/mol. The minimum Gasteiger partial charge on any atom is -0.490 e. The van der Waals surface area contributed by atoms with Crippen LogP contribution in [0.2, 0.25) is 0 Å². The molecule has 1 aliphatic carbocycles. The van der Waals surface area contributed by atoms with E-state index in [1.807, 2.05) is 6.07 Å². The van der Waals surface area contributed by atoms with Gasteiger partial charge in [-0.2, -0.15) is 0 Å². The van der Waals surface area contributed by atoms with Gasteiger partial charge in [0, 0.05) is 51.9 Å². The molecule has 6 rings (SSSR count). The number of hydrogen-bond donors (Lipinski definition) is 1. The van der Waals surface area contributed by atoms with Crippen LogP contribution in [0.3, 0.4) is 0 Å². The quantitative estimate of drug-likeness (QED) is 0.323. The lowest BCUT2D eigenvalue weighted by Gasteiger charge is -2.37. The lowest BCUT2D eigenvalue weighted by molar-refractivity contribution is -0.0199. The van der Waals surface area contributed by atoms with Gasteiger partial charge in [0.05, 0.1) is 31.5 Å². The van der Waals surface area contributed by atoms with E-state index < -0.39 is 6.09 Å². The van der Waals surface area contributed by atoms with Crippen molar-refractivity contribution in [3.63, 3.8) is 0 Å². The summed E-state index contributed by atoms with van der Waals surface area (Å²) in [6, 6.07) is 15.4. The highest BCUT2D eigenvalue weighted by Gasteiger charge is 2.34. The highest BCUT2D eigenvalue weighted by molar-refractivity contribution is 5.65. The van der Waals surface area contributed by atoms with Crippen LogP contribution in [0.15, 0.2) is 42.5 Å². The smallest absolute Gasteiger partial charge is 0.407 e. The predicted molar refractivity (Wildman–Crippen MR) is 170 cm³/mol. The van der Waals surface area contributed by atoms with E-state index in [1.54, 1.807) is 7.11 Å². The first kappa shape index (κ1) is 31.0. The Morgan fingerprint density at radius 1 is 0.977 bits per heavy atom. The third-order valence-electron chi connectivity index (χ3n) is 9.93. The van der Waals surface area contributed by atoms with Crippen LogP contribution in [0.5, 0.6) is 11.5 Å². The molecule has 0 radical (unpaired) electrons. The molecule has 2 aromatic carbocycles. The van der Waals surface area contributed by atoms with Gasteiger partial charge in [0.25, 0.3) is 0 Å². The number of carbonyl (C=O) groups is 1. The van der Waals surface area contributed by atoms with Crippen LogP contribution >= 0.6 is 0 Å². The summed E-state index contributed by atoms with van der Waals surface area (Å²) in [6.07, 6.45) is 8.65. The van der Waals surface area contributed by atoms with E-state index in [9.17, 15) is 9.90 Å². The fourth-order valence-electron chi connectivity index (χ4n) is 7.50. The average Bonchev–Trinajstić information content (AvgIpc) is 3.53. The van der Waals surface area contributed by atoms with E-state index in [1.165, 1.54) is 42.6 Å². The second-order valence-corrected chi connectivity index (χ2v) is 12.8. The van der Waals surface area contributed by atoms with Crippen LogP contribution in [-0.2, 0) is 16.1 Å². The Morgan fingerprint density at radius 3 is 2.61 bits per heavy atom. The number of methoxy groups -OCH3 is 1. The first-order valence-electron chi connectivity index (χ1n) is 16.7. The van der Waals surface area contributed by atoms with Crippen LogP contribution < -0.4 is 14.4 Å². The highest BCUT2D eigenvalue weighted by Crippen LogP contribution is 2.35. The van der Waals surface area contributed by atoms with E-state index in [0.29, 0.717) is 26.3 Å². The molecule has 240 valence electrons. The van der Waals surface area contributed by atoms with Crippen molar-refractivity contribution >= 4 is 11.8 Å². The number of benzene rings is 2. The number of nitrogens with zero attached hydrogens (tertiary/aromatic N) is 3. The molecule has 1 saturated carbocycles. The van der Waals surface area contributed by atoms with Crippen LogP contribution in [0.4, 0.5) is 10.5 Å². The Bertz CT molecular complexity index is 1220. The number of amides is 1. The summed E-state index contributed by atoms with van der Waals surface area (Å²) >= 11 is 0. The van der Waals surface area contributed by atoms with Crippen molar-refractivity contribution in [2.75, 3.05) is 64.5 Å². The van der Waals surface area contributed by atoms with Gasteiger partial charge in [-0.3, -0.25) is 4.90 Å². The minimum absolute atomic E-state index is 0.111. The van der Waals surface area contributed by atoms with Crippen molar-refractivity contribution in [2.24, 2.45) is 0 Å². The molecule has 9 heteroatoms. The third kappa shape index (κ3) is 7.61. The van der Waals surface area contributed by atoms with E-state index in [0.717, 1.165) is 80.8 Å². The fraction of sp³-hybridized carbons (Fsp3) is 0.629. The van der Waals surface area contributed by atoms with E-state index >= 15 is 0 Å². The monoisotopic (exact) mass is 607 g/mol. The zero-order valence-electron chi connectivity index (χ0n) is 26.2. The number of anilines is 1. The maximum Gasteiger partial charge on any atom is 0.407 e. The zero-order chi connectivity index (χ0) is 30.3. The Labute approximate surface area is 262 Å². The number of fused-ring (bicyclic) bond motifs is 1. The molecule has 3 atom stereocenters. The lowest BCUT2D eigenvalue weighted by atomic mass is 9.87. The van der Waals surface area contributed by atoms with Crippen molar-refractivity contribution < 1.29 is 28.8 Å². The molecule has 3 fully saturated rings. The Hall–Kier alpha value is -3.01. The maximum absolute atomic E-state index is 11.9. The molecule has 1 N–H and O–H groups in total. The van der Waals surface area contributed by atoms with Gasteiger partial charge in [-0.05, 0) is 67.5 Å². The van der Waals surface area contributed by atoms with E-state index in [-0.39, 0.29) is 18.1 Å². The summed E-state index contributed by atoms with van der Waals surface area (Å²) in [6.45, 7) is 6.59. The largest absolute Gasteiger partial charge is 0.490 e. The van der Waals surface area contributed by atoms with Crippen LogP contribution in [0.1, 0.15) is 68.4 Å². The molecule has 2 aromatic rings. The zero-order valence-corrected chi connectivity index (χ0v) is 26.2. The summed E-state index contributed by atoms with van der Waals surface area (Å²) in [5, 5.41) is 9.74. The first-order valence-corrected chi connectivity index (χ1v) is 16.7. The normalized spacial score (nSPS) is 24.6. The highest BCUT2D eigenvalue weighted by atomic mass is 16.5. The molecular formula is C35H49N3O6. The summed E-state index contributed by atoms with van der Waals surface area (Å²) in [4.78, 5) is 18.3. The Morgan fingerprint density at radius 2 is 1.82 bits per heavy atom. The summed E-state index contributed by atoms with van der Waals surface area (Å²) < 4.78 is 24.1. The molecular weight excluding hydrogens is 558 g/mol. The van der Waals surface area contributed by atoms with Gasteiger partial charge in [-0.15, -0.1) is 0 Å². The van der Waals surface area contributed by atoms with Crippen molar-refractivity contribution in [3.05, 3.63) is 53.6 Å². The van der Waals surface area contributed by atoms with E-state index in [2.05, 4.69) is 46.2 Å². The molecule has 3 heterocycles. The molecule has 2 unspecified atom stereocenters. The number of rotatable bonds is 11. The number of carboxylic acid groups (broad SMARTS) is 1. The summed E-state index contributed by atoms with van der Waals surface area (Å²) in [7, 11) is 1.73. The van der Waals surface area contributed by atoms with Gasteiger partial charge in [0.1, 0.15) is 24.2 Å². The van der Waals surface area contributed by atoms with Gasteiger partial charge < -0.3 is 33.9 Å². The SMILES string of the molecule is COCCCN1CCOc2ccc(COC3CN(C(=O)O)CCC3c3ccc(O[C@H]4CCN(C5CCCCC5)C4)cc3)cc21. The van der Waals surface area contributed by atoms with Crippen molar-refractivity contribution in [2.45, 2.75) is 82.1 Å². The molecule has 2 saturated heterocycles. The summed E-state index contributed by atoms with van der Waals surface area (Å²) in [5.74, 6) is 1.92. The minimum atomic E-state index is -0.891. The molecule has 9 nitrogen and oxygen atoms in total. The number of ether oxygens (including phenoxy) is 4. The standard InChI is InChI=1S/C35H49N3O6/c1-41-20-5-16-36-19-21-42-33-13-8-26(22-32(33)36)25-43-34-24-38(35(39)40)18-15-31(34)27-9-11-29(12-10-27)44-30-14-17-37(23-30)28-6-3-2-4-7-28/h8-13,22,28,30-31,34H,2-7,14-21,23-25H2,1H3,(H,39,40)/t30-,31?,34?/m0/s1. The molecule has 0 bridgehead atoms. The van der Waals surface area contributed by atoms with Crippen molar-refractivity contribution in [1.29, 1.82) is 0 Å². The molecule has 4 aliphatic rings. The van der Waals surface area contributed by atoms with Gasteiger partial charge >= 0.3 is 6.09 Å². The van der Waals surface area contributed by atoms with Crippen LogP contribution in [0, 0.1) is 0 Å². The van der Waals surface area contributed by atoms with Gasteiger partial charge in [-0.25, -0.2) is 4.79 Å². The number of likely N-dealkylation sites (tertiary alicyclic amines) is 2. The van der Waals surface area contributed by atoms with Gasteiger partial charge in [-0.1, -0.05) is 37.5 Å². The molecule has 0 spiro atoms. The van der Waals surface area contributed by atoms with E-state index in [4.69, 9.17) is 18.9 Å². The number of piperidine rings is 1. The molecule has 0 aromatic heterocycles. The number of hydrogen-bond acceptors (Lipinski definition) is 7. The summed E-state index contributed by atoms with van der Waals surface area (Å²) in [5.41, 5.74) is 3.31. The second-order valence-electron chi connectivity index (χ2n) is 12.8. The molecule has 44 heavy (non-hydrogen) atoms. The topological polar surface area (TPSA) is 83.9 Å². The van der Waals surface area contributed by atoms with Crippen molar-refractivity contribution in [1.82, 2.24) is 9.80 Å². The van der Waals surface area contributed by atoms with Crippen LogP contribution in [-0.4, -0.2) is 98.8 Å². The fourth-order valence-corrected chi connectivity index (χ4v) is 7.50. The second kappa shape index (κ2) is 14.8. The van der Waals surface area contributed by atoms with Gasteiger partial charge in [0.2, 0.25) is 0 Å². The van der Waals surface area contributed by atoms with Crippen LogP contribution in [0.25, 0.3) is 0 Å².